The number of halogens is 1. The van der Waals surface area contributed by atoms with Gasteiger partial charge in [0.05, 0.1) is 6.04 Å². The number of anilines is 1. The lowest BCUT2D eigenvalue weighted by Crippen LogP contribution is -2.16. The van der Waals surface area contributed by atoms with Crippen molar-refractivity contribution in [2.45, 2.75) is 45.6 Å². The molecule has 0 radical (unpaired) electrons. The van der Waals surface area contributed by atoms with E-state index in [2.05, 4.69) is 74.6 Å². The van der Waals surface area contributed by atoms with Crippen LogP contribution >= 0.6 is 0 Å². The number of benzene rings is 3. The van der Waals surface area contributed by atoms with Gasteiger partial charge in [0.2, 0.25) is 0 Å². The Morgan fingerprint density at radius 2 is 1.45 bits per heavy atom. The van der Waals surface area contributed by atoms with Crippen molar-refractivity contribution >= 4 is 11.5 Å². The molecular formula is C26H28FNO. The summed E-state index contributed by atoms with van der Waals surface area (Å²) >= 11 is 0. The van der Waals surface area contributed by atoms with E-state index in [-0.39, 0.29) is 17.6 Å². The Balaban J connectivity index is 1.85. The summed E-state index contributed by atoms with van der Waals surface area (Å²) < 4.78 is 13.2. The molecule has 0 fully saturated rings. The molecule has 0 saturated heterocycles. The number of hydrogen-bond donors (Lipinski definition) is 1. The molecule has 2 nitrogen and oxygen atoms in total. The van der Waals surface area contributed by atoms with Crippen LogP contribution in [0.3, 0.4) is 0 Å². The fourth-order valence-corrected chi connectivity index (χ4v) is 3.34. The molecule has 3 aromatic carbocycles. The van der Waals surface area contributed by atoms with E-state index < -0.39 is 0 Å². The van der Waals surface area contributed by atoms with Crippen LogP contribution < -0.4 is 5.32 Å². The highest BCUT2D eigenvalue weighted by Gasteiger charge is 2.18. The minimum absolute atomic E-state index is 0.0133. The molecule has 1 atom stereocenters. The maximum Gasteiger partial charge on any atom is 0.165 e. The van der Waals surface area contributed by atoms with Crippen molar-refractivity contribution in [2.24, 2.45) is 0 Å². The van der Waals surface area contributed by atoms with Gasteiger partial charge < -0.3 is 5.32 Å². The quantitative estimate of drug-likeness (QED) is 0.423. The molecule has 0 amide bonds. The van der Waals surface area contributed by atoms with Crippen LogP contribution in [0.2, 0.25) is 0 Å². The number of aryl methyl sites for hydroxylation is 1. The van der Waals surface area contributed by atoms with Gasteiger partial charge in [0.1, 0.15) is 5.82 Å². The van der Waals surface area contributed by atoms with Gasteiger partial charge in [-0.25, -0.2) is 4.39 Å². The van der Waals surface area contributed by atoms with Crippen LogP contribution in [0.4, 0.5) is 10.1 Å². The van der Waals surface area contributed by atoms with Crippen LogP contribution in [-0.2, 0) is 6.42 Å². The smallest absolute Gasteiger partial charge is 0.165 e. The largest absolute Gasteiger partial charge is 0.378 e. The number of carbonyl (C=O) groups is 1. The van der Waals surface area contributed by atoms with E-state index in [1.807, 2.05) is 0 Å². The lowest BCUT2D eigenvalue weighted by molar-refractivity contribution is 0.0976. The van der Waals surface area contributed by atoms with Crippen LogP contribution in [0.1, 0.15) is 66.2 Å². The highest BCUT2D eigenvalue weighted by Crippen LogP contribution is 2.27. The van der Waals surface area contributed by atoms with Gasteiger partial charge in [0.25, 0.3) is 0 Å². The van der Waals surface area contributed by atoms with E-state index in [9.17, 15) is 9.18 Å². The summed E-state index contributed by atoms with van der Waals surface area (Å²) in [7, 11) is 0. The molecule has 3 aromatic rings. The van der Waals surface area contributed by atoms with Gasteiger partial charge >= 0.3 is 0 Å². The van der Waals surface area contributed by atoms with Crippen LogP contribution in [0.5, 0.6) is 0 Å². The maximum absolute atomic E-state index is 13.2. The Kier molecular flexibility index (Phi) is 6.82. The number of ketones is 1. The van der Waals surface area contributed by atoms with E-state index >= 15 is 0 Å². The SMILES string of the molecule is CCc1ccc(NC(CC(=O)c2ccc(F)cc2)c2ccc(C(C)C)cc2)cc1. The van der Waals surface area contributed by atoms with Crippen molar-refractivity contribution in [3.8, 4) is 0 Å². The van der Waals surface area contributed by atoms with Crippen molar-refractivity contribution in [2.75, 3.05) is 5.32 Å². The summed E-state index contributed by atoms with van der Waals surface area (Å²) in [6.45, 7) is 6.46. The Hall–Kier alpha value is -2.94. The van der Waals surface area contributed by atoms with Crippen molar-refractivity contribution < 1.29 is 9.18 Å². The molecule has 0 aliphatic rings. The molecule has 150 valence electrons. The zero-order valence-electron chi connectivity index (χ0n) is 17.3. The summed E-state index contributed by atoms with van der Waals surface area (Å²) in [5, 5.41) is 3.51. The first-order chi connectivity index (χ1) is 14.0. The summed E-state index contributed by atoms with van der Waals surface area (Å²) in [5.41, 5.74) is 5.11. The molecule has 0 aliphatic heterocycles. The van der Waals surface area contributed by atoms with Crippen LogP contribution in [-0.4, -0.2) is 5.78 Å². The normalized spacial score (nSPS) is 12.0. The number of nitrogens with one attached hydrogen (secondary N) is 1. The molecule has 1 unspecified atom stereocenters. The Bertz CT molecular complexity index is 928. The summed E-state index contributed by atoms with van der Waals surface area (Å²) in [4.78, 5) is 12.8. The lowest BCUT2D eigenvalue weighted by atomic mass is 9.94. The Labute approximate surface area is 172 Å². The molecule has 29 heavy (non-hydrogen) atoms. The second-order valence-corrected chi connectivity index (χ2v) is 7.70. The van der Waals surface area contributed by atoms with Crippen molar-refractivity contribution in [1.29, 1.82) is 0 Å². The first-order valence-electron chi connectivity index (χ1n) is 10.2. The third-order valence-electron chi connectivity index (χ3n) is 5.26. The zero-order chi connectivity index (χ0) is 20.8. The van der Waals surface area contributed by atoms with E-state index in [4.69, 9.17) is 0 Å². The Morgan fingerprint density at radius 1 is 0.862 bits per heavy atom. The number of Topliss-reactive ketones (excluding diaryl/α,β-unsaturated/α-hetero) is 1. The molecule has 3 heteroatoms. The third kappa shape index (κ3) is 5.54. The fraction of sp³-hybridized carbons (Fsp3) is 0.269. The first-order valence-corrected chi connectivity index (χ1v) is 10.2. The number of carbonyl (C=O) groups excluding carboxylic acids is 1. The van der Waals surface area contributed by atoms with Crippen LogP contribution in [0.25, 0.3) is 0 Å². The summed E-state index contributed by atoms with van der Waals surface area (Å²) in [6, 6.07) is 22.3. The van der Waals surface area contributed by atoms with Gasteiger partial charge in [-0.2, -0.15) is 0 Å². The molecule has 0 aromatic heterocycles. The minimum Gasteiger partial charge on any atom is -0.378 e. The minimum atomic E-state index is -0.337. The van der Waals surface area contributed by atoms with Crippen molar-refractivity contribution in [1.82, 2.24) is 0 Å². The fourth-order valence-electron chi connectivity index (χ4n) is 3.34. The van der Waals surface area contributed by atoms with E-state index in [1.54, 1.807) is 12.1 Å². The van der Waals surface area contributed by atoms with E-state index in [0.717, 1.165) is 17.7 Å². The van der Waals surface area contributed by atoms with E-state index in [0.29, 0.717) is 17.9 Å². The number of hydrogen-bond acceptors (Lipinski definition) is 2. The van der Waals surface area contributed by atoms with Gasteiger partial charge in [-0.05, 0) is 65.4 Å². The molecule has 0 bridgehead atoms. The molecular weight excluding hydrogens is 361 g/mol. The molecule has 0 aliphatic carbocycles. The van der Waals surface area contributed by atoms with Gasteiger partial charge in [-0.1, -0.05) is 57.2 Å². The van der Waals surface area contributed by atoms with Crippen molar-refractivity contribution in [3.63, 3.8) is 0 Å². The van der Waals surface area contributed by atoms with Gasteiger partial charge in [-0.15, -0.1) is 0 Å². The average molecular weight is 390 g/mol. The van der Waals surface area contributed by atoms with Crippen LogP contribution in [0.15, 0.2) is 72.8 Å². The lowest BCUT2D eigenvalue weighted by Gasteiger charge is -2.21. The second-order valence-electron chi connectivity index (χ2n) is 7.70. The standard InChI is InChI=1S/C26H28FNO/c1-4-19-5-15-24(16-6-19)28-25(21-9-7-20(8-10-21)18(2)3)17-26(29)22-11-13-23(27)14-12-22/h5-16,18,25,28H,4,17H2,1-3H3. The van der Waals surface area contributed by atoms with Gasteiger partial charge in [0.15, 0.2) is 5.78 Å². The maximum atomic E-state index is 13.2. The predicted octanol–water partition coefficient (Wildman–Crippen LogP) is 6.94. The molecule has 0 heterocycles. The third-order valence-corrected chi connectivity index (χ3v) is 5.26. The number of rotatable bonds is 8. The monoisotopic (exact) mass is 389 g/mol. The molecule has 0 spiro atoms. The van der Waals surface area contributed by atoms with Crippen LogP contribution in [0, 0.1) is 5.82 Å². The van der Waals surface area contributed by atoms with E-state index in [1.165, 1.54) is 23.3 Å². The predicted molar refractivity (Wildman–Crippen MR) is 118 cm³/mol. The average Bonchev–Trinajstić information content (AvgIpc) is 2.74. The highest BCUT2D eigenvalue weighted by atomic mass is 19.1. The summed E-state index contributed by atoms with van der Waals surface area (Å²) in [5.74, 6) is 0.107. The Morgan fingerprint density at radius 3 is 2.00 bits per heavy atom. The zero-order valence-corrected chi connectivity index (χ0v) is 17.3. The topological polar surface area (TPSA) is 29.1 Å². The molecule has 0 saturated carbocycles. The molecule has 3 rings (SSSR count). The molecule has 1 N–H and O–H groups in total. The summed E-state index contributed by atoms with van der Waals surface area (Å²) in [6.07, 6.45) is 1.28. The van der Waals surface area contributed by atoms with Gasteiger partial charge in [0, 0.05) is 17.7 Å². The second kappa shape index (κ2) is 9.51. The van der Waals surface area contributed by atoms with Gasteiger partial charge in [-0.3, -0.25) is 4.79 Å². The van der Waals surface area contributed by atoms with Crippen molar-refractivity contribution in [3.05, 3.63) is 101 Å². The first kappa shape index (κ1) is 20.8. The highest BCUT2D eigenvalue weighted by molar-refractivity contribution is 5.96.